The number of hydrogen-bond acceptors (Lipinski definition) is 9. The van der Waals surface area contributed by atoms with Gasteiger partial charge in [-0.25, -0.2) is 14.8 Å². The minimum absolute atomic E-state index is 0.127. The van der Waals surface area contributed by atoms with Crippen molar-refractivity contribution in [2.24, 2.45) is 0 Å². The first-order valence-corrected chi connectivity index (χ1v) is 12.6. The summed E-state index contributed by atoms with van der Waals surface area (Å²) in [5, 5.41) is 12.0. The van der Waals surface area contributed by atoms with Gasteiger partial charge in [0.05, 0.1) is 15.9 Å². The molecule has 0 radical (unpaired) electrons. The number of carbonyl (C=O) groups is 1. The molecule has 2 fully saturated rings. The van der Waals surface area contributed by atoms with E-state index in [9.17, 15) is 14.9 Å². The van der Waals surface area contributed by atoms with Gasteiger partial charge in [0.15, 0.2) is 18.1 Å². The third-order valence-corrected chi connectivity index (χ3v) is 7.08. The molecule has 0 amide bonds. The minimum atomic E-state index is -0.922. The lowest BCUT2D eigenvalue weighted by molar-refractivity contribution is -0.384. The standard InChI is InChI=1S/C27H23ClN4O7/c1-27(2)38-21-20(36-25(22(21)39-27)31-13-12-18-23(28)29-14-30-24(18)31)19(15-6-4-3-5-7-15)37-26(33)16-8-10-17(11-9-16)32(34)35/h3-14,19-22,25H,1-2H3/t19?,20-,21-,22-,25-/m1/s1. The Hall–Kier alpha value is -3.90. The minimum Gasteiger partial charge on any atom is -0.451 e. The van der Waals surface area contributed by atoms with Crippen LogP contribution in [0.15, 0.2) is 73.2 Å². The lowest BCUT2D eigenvalue weighted by Gasteiger charge is -2.29. The predicted octanol–water partition coefficient (Wildman–Crippen LogP) is 5.01. The normalized spacial score (nSPS) is 24.4. The third-order valence-electron chi connectivity index (χ3n) is 6.77. The van der Waals surface area contributed by atoms with E-state index in [1.807, 2.05) is 48.7 Å². The van der Waals surface area contributed by atoms with E-state index in [-0.39, 0.29) is 11.3 Å². The summed E-state index contributed by atoms with van der Waals surface area (Å²) in [7, 11) is 0. The Balaban J connectivity index is 1.37. The maximum atomic E-state index is 13.3. The average Bonchev–Trinajstić information content (AvgIpc) is 3.59. The van der Waals surface area contributed by atoms with Gasteiger partial charge in [0.2, 0.25) is 0 Å². The summed E-state index contributed by atoms with van der Waals surface area (Å²) in [6.07, 6.45) is -0.308. The number of hydrogen-bond donors (Lipinski definition) is 0. The average molecular weight is 551 g/mol. The number of ether oxygens (including phenoxy) is 4. The number of halogens is 1. The summed E-state index contributed by atoms with van der Waals surface area (Å²) in [4.78, 5) is 32.2. The van der Waals surface area contributed by atoms with Crippen LogP contribution in [0.3, 0.4) is 0 Å². The Labute approximate surface area is 227 Å². The second-order valence-electron chi connectivity index (χ2n) is 9.72. The molecule has 11 nitrogen and oxygen atoms in total. The lowest BCUT2D eigenvalue weighted by Crippen LogP contribution is -2.36. The van der Waals surface area contributed by atoms with E-state index < -0.39 is 47.3 Å². The van der Waals surface area contributed by atoms with Crippen molar-refractivity contribution in [3.63, 3.8) is 0 Å². The SMILES string of the molecule is CC1(C)O[C@@H]2[C@H](O1)[C@@H](C(OC(=O)c1ccc([N+](=O)[O-])cc1)c1ccccc1)O[C@H]2n1ccc2c(Cl)ncnc21. The predicted molar refractivity (Wildman–Crippen MR) is 138 cm³/mol. The Bertz CT molecular complexity index is 1540. The molecular weight excluding hydrogens is 528 g/mol. The van der Waals surface area contributed by atoms with Crippen LogP contribution < -0.4 is 0 Å². The van der Waals surface area contributed by atoms with Gasteiger partial charge in [-0.3, -0.25) is 10.1 Å². The number of rotatable bonds is 6. The van der Waals surface area contributed by atoms with Gasteiger partial charge in [-0.05, 0) is 37.6 Å². The highest BCUT2D eigenvalue weighted by Gasteiger charge is 2.59. The molecule has 4 aromatic rings. The molecule has 4 heterocycles. The maximum Gasteiger partial charge on any atom is 0.338 e. The van der Waals surface area contributed by atoms with Crippen LogP contribution in [0.5, 0.6) is 0 Å². The van der Waals surface area contributed by atoms with Crippen molar-refractivity contribution in [3.8, 4) is 0 Å². The highest BCUT2D eigenvalue weighted by atomic mass is 35.5. The van der Waals surface area contributed by atoms with Crippen LogP contribution in [-0.2, 0) is 18.9 Å². The third kappa shape index (κ3) is 4.63. The zero-order valence-corrected chi connectivity index (χ0v) is 21.6. The number of nitro groups is 1. The monoisotopic (exact) mass is 550 g/mol. The molecule has 2 saturated heterocycles. The van der Waals surface area contributed by atoms with Gasteiger partial charge < -0.3 is 23.5 Å². The van der Waals surface area contributed by atoms with Crippen molar-refractivity contribution in [1.82, 2.24) is 14.5 Å². The topological polar surface area (TPSA) is 128 Å². The number of carbonyl (C=O) groups excluding carboxylic acids is 1. The Morgan fingerprint density at radius 3 is 2.51 bits per heavy atom. The molecule has 2 aromatic heterocycles. The van der Waals surface area contributed by atoms with E-state index in [1.54, 1.807) is 12.3 Å². The van der Waals surface area contributed by atoms with Gasteiger partial charge in [-0.15, -0.1) is 0 Å². The van der Waals surface area contributed by atoms with Crippen molar-refractivity contribution in [3.05, 3.63) is 99.6 Å². The van der Waals surface area contributed by atoms with Gasteiger partial charge in [0.1, 0.15) is 35.4 Å². The molecule has 39 heavy (non-hydrogen) atoms. The summed E-state index contributed by atoms with van der Waals surface area (Å²) in [5.41, 5.74) is 1.29. The summed E-state index contributed by atoms with van der Waals surface area (Å²) in [5.74, 6) is -1.58. The maximum absolute atomic E-state index is 13.3. The Morgan fingerprint density at radius 1 is 1.08 bits per heavy atom. The van der Waals surface area contributed by atoms with Gasteiger partial charge in [0, 0.05) is 18.3 Å². The molecule has 200 valence electrons. The molecule has 2 aromatic carbocycles. The fourth-order valence-corrected chi connectivity index (χ4v) is 5.28. The summed E-state index contributed by atoms with van der Waals surface area (Å²) in [6.45, 7) is 3.62. The molecular formula is C27H23ClN4O7. The van der Waals surface area contributed by atoms with Crippen molar-refractivity contribution < 1.29 is 28.7 Å². The number of nitro benzene ring substituents is 1. The van der Waals surface area contributed by atoms with E-state index in [1.165, 1.54) is 30.6 Å². The lowest BCUT2D eigenvalue weighted by atomic mass is 9.98. The summed E-state index contributed by atoms with van der Waals surface area (Å²) in [6, 6.07) is 16.2. The molecule has 0 bridgehead atoms. The number of esters is 1. The van der Waals surface area contributed by atoms with Crippen LogP contribution >= 0.6 is 11.6 Å². The fraction of sp³-hybridized carbons (Fsp3) is 0.296. The molecule has 6 rings (SSSR count). The zero-order valence-electron chi connectivity index (χ0n) is 20.8. The quantitative estimate of drug-likeness (QED) is 0.141. The van der Waals surface area contributed by atoms with E-state index in [0.717, 1.165) is 0 Å². The van der Waals surface area contributed by atoms with Crippen molar-refractivity contribution in [1.29, 1.82) is 0 Å². The molecule has 0 spiro atoms. The van der Waals surface area contributed by atoms with Gasteiger partial charge >= 0.3 is 5.97 Å². The van der Waals surface area contributed by atoms with Crippen LogP contribution in [-0.4, -0.2) is 49.5 Å². The number of benzene rings is 2. The van der Waals surface area contributed by atoms with Crippen LogP contribution in [0, 0.1) is 10.1 Å². The van der Waals surface area contributed by atoms with E-state index in [0.29, 0.717) is 21.7 Å². The molecule has 2 aliphatic rings. The van der Waals surface area contributed by atoms with Crippen molar-refractivity contribution in [2.75, 3.05) is 0 Å². The summed E-state index contributed by atoms with van der Waals surface area (Å²) >= 11 is 6.28. The van der Waals surface area contributed by atoms with Crippen LogP contribution in [0.2, 0.25) is 5.15 Å². The first kappa shape index (κ1) is 25.4. The second kappa shape index (κ2) is 9.69. The van der Waals surface area contributed by atoms with Crippen LogP contribution in [0.1, 0.15) is 42.1 Å². The second-order valence-corrected chi connectivity index (χ2v) is 10.1. The van der Waals surface area contributed by atoms with Crippen LogP contribution in [0.25, 0.3) is 11.0 Å². The Kier molecular flexibility index (Phi) is 6.31. The molecule has 0 aliphatic carbocycles. The van der Waals surface area contributed by atoms with E-state index in [2.05, 4.69) is 9.97 Å². The first-order chi connectivity index (χ1) is 18.7. The number of fused-ring (bicyclic) bond motifs is 2. The number of non-ortho nitro benzene ring substituents is 1. The van der Waals surface area contributed by atoms with Gasteiger partial charge in [-0.1, -0.05) is 41.9 Å². The number of aromatic nitrogens is 3. The first-order valence-electron chi connectivity index (χ1n) is 12.2. The number of nitrogens with zero attached hydrogens (tertiary/aromatic N) is 4. The molecule has 12 heteroatoms. The highest BCUT2D eigenvalue weighted by Crippen LogP contribution is 2.48. The summed E-state index contributed by atoms with van der Waals surface area (Å²) < 4.78 is 27.0. The van der Waals surface area contributed by atoms with Crippen molar-refractivity contribution in [2.45, 2.75) is 50.3 Å². The van der Waals surface area contributed by atoms with Crippen molar-refractivity contribution >= 4 is 34.3 Å². The smallest absolute Gasteiger partial charge is 0.338 e. The zero-order chi connectivity index (χ0) is 27.3. The molecule has 0 N–H and O–H groups in total. The van der Waals surface area contributed by atoms with Gasteiger partial charge in [0.25, 0.3) is 5.69 Å². The highest BCUT2D eigenvalue weighted by molar-refractivity contribution is 6.33. The molecule has 5 atom stereocenters. The largest absolute Gasteiger partial charge is 0.451 e. The molecule has 1 unspecified atom stereocenters. The molecule has 2 aliphatic heterocycles. The van der Waals surface area contributed by atoms with Gasteiger partial charge in [-0.2, -0.15) is 0 Å². The van der Waals surface area contributed by atoms with E-state index >= 15 is 0 Å². The fourth-order valence-electron chi connectivity index (χ4n) is 5.09. The Morgan fingerprint density at radius 2 is 1.79 bits per heavy atom. The molecule has 0 saturated carbocycles. The van der Waals surface area contributed by atoms with Crippen LogP contribution in [0.4, 0.5) is 5.69 Å². The van der Waals surface area contributed by atoms with E-state index in [4.69, 9.17) is 30.5 Å².